The lowest BCUT2D eigenvalue weighted by molar-refractivity contribution is 0.414. The molecule has 1 aromatic rings. The number of nitrogens with two attached hydrogens (primary N) is 1. The Morgan fingerprint density at radius 2 is 2.33 bits per heavy atom. The highest BCUT2D eigenvalue weighted by atomic mass is 79.9. The summed E-state index contributed by atoms with van der Waals surface area (Å²) < 4.78 is 6.12. The van der Waals surface area contributed by atoms with Gasteiger partial charge in [0.2, 0.25) is 0 Å². The van der Waals surface area contributed by atoms with Crippen LogP contribution in [-0.4, -0.2) is 7.11 Å². The third kappa shape index (κ3) is 3.36. The Balaban J connectivity index is 2.80. The normalized spacial score (nSPS) is 12.2. The third-order valence-electron chi connectivity index (χ3n) is 2.29. The van der Waals surface area contributed by atoms with Crippen molar-refractivity contribution in [1.29, 1.82) is 0 Å². The van der Waals surface area contributed by atoms with Gasteiger partial charge in [-0.05, 0) is 30.5 Å². The first-order valence-corrected chi connectivity index (χ1v) is 5.68. The molecule has 1 unspecified atom stereocenters. The lowest BCUT2D eigenvalue weighted by Gasteiger charge is -2.13. The predicted molar refractivity (Wildman–Crippen MR) is 67.1 cm³/mol. The van der Waals surface area contributed by atoms with E-state index in [9.17, 15) is 0 Å². The van der Waals surface area contributed by atoms with E-state index in [0.717, 1.165) is 28.6 Å². The van der Waals surface area contributed by atoms with Gasteiger partial charge in [0.05, 0.1) is 7.11 Å². The highest BCUT2D eigenvalue weighted by molar-refractivity contribution is 9.10. The fourth-order valence-electron chi connectivity index (χ4n) is 1.39. The van der Waals surface area contributed by atoms with Crippen LogP contribution in [0.15, 0.2) is 35.3 Å². The minimum atomic E-state index is 0.0447. The standard InChI is InChI=1S/C12H16BrNO/c1-3-4-5-12(14)10-7-6-9(15-2)8-11(10)13/h3,6-8,12H,1,4-5,14H2,2H3. The fourth-order valence-corrected chi connectivity index (χ4v) is 2.04. The van der Waals surface area contributed by atoms with Crippen molar-refractivity contribution in [3.05, 3.63) is 40.9 Å². The highest BCUT2D eigenvalue weighted by Gasteiger charge is 2.09. The Kier molecular flexibility index (Phi) is 4.85. The van der Waals surface area contributed by atoms with Gasteiger partial charge < -0.3 is 10.5 Å². The van der Waals surface area contributed by atoms with E-state index in [1.165, 1.54) is 0 Å². The zero-order valence-electron chi connectivity index (χ0n) is 8.87. The van der Waals surface area contributed by atoms with Gasteiger partial charge in [0, 0.05) is 10.5 Å². The molecular weight excluding hydrogens is 254 g/mol. The van der Waals surface area contributed by atoms with E-state index in [4.69, 9.17) is 10.5 Å². The maximum Gasteiger partial charge on any atom is 0.120 e. The van der Waals surface area contributed by atoms with Gasteiger partial charge in [0.15, 0.2) is 0 Å². The van der Waals surface area contributed by atoms with Crippen LogP contribution in [0.2, 0.25) is 0 Å². The molecule has 3 heteroatoms. The van der Waals surface area contributed by atoms with E-state index in [1.54, 1.807) is 7.11 Å². The summed E-state index contributed by atoms with van der Waals surface area (Å²) in [4.78, 5) is 0. The Bertz CT molecular complexity index is 338. The third-order valence-corrected chi connectivity index (χ3v) is 2.98. The summed E-state index contributed by atoms with van der Waals surface area (Å²) >= 11 is 3.49. The lowest BCUT2D eigenvalue weighted by Crippen LogP contribution is -2.10. The van der Waals surface area contributed by atoms with Crippen LogP contribution in [0.25, 0.3) is 0 Å². The number of rotatable bonds is 5. The van der Waals surface area contributed by atoms with E-state index < -0.39 is 0 Å². The summed E-state index contributed by atoms with van der Waals surface area (Å²) in [6, 6.07) is 5.90. The van der Waals surface area contributed by atoms with Crippen molar-refractivity contribution in [2.24, 2.45) is 5.73 Å². The summed E-state index contributed by atoms with van der Waals surface area (Å²) in [7, 11) is 1.65. The molecule has 0 aliphatic rings. The lowest BCUT2D eigenvalue weighted by atomic mass is 10.0. The fraction of sp³-hybridized carbons (Fsp3) is 0.333. The van der Waals surface area contributed by atoms with Crippen molar-refractivity contribution in [3.63, 3.8) is 0 Å². The number of hydrogen-bond acceptors (Lipinski definition) is 2. The molecule has 0 bridgehead atoms. The van der Waals surface area contributed by atoms with E-state index in [1.807, 2.05) is 24.3 Å². The molecule has 1 atom stereocenters. The summed E-state index contributed by atoms with van der Waals surface area (Å²) in [5, 5.41) is 0. The Morgan fingerprint density at radius 1 is 1.60 bits per heavy atom. The van der Waals surface area contributed by atoms with Gasteiger partial charge in [-0.15, -0.1) is 6.58 Å². The van der Waals surface area contributed by atoms with Crippen LogP contribution < -0.4 is 10.5 Å². The van der Waals surface area contributed by atoms with Gasteiger partial charge in [-0.2, -0.15) is 0 Å². The van der Waals surface area contributed by atoms with Gasteiger partial charge in [-0.25, -0.2) is 0 Å². The topological polar surface area (TPSA) is 35.2 Å². The number of halogens is 1. The first-order valence-electron chi connectivity index (χ1n) is 4.89. The molecule has 0 spiro atoms. The zero-order chi connectivity index (χ0) is 11.3. The van der Waals surface area contributed by atoms with Crippen LogP contribution in [0.3, 0.4) is 0 Å². The molecule has 0 fully saturated rings. The largest absolute Gasteiger partial charge is 0.497 e. The second-order valence-electron chi connectivity index (χ2n) is 3.36. The second kappa shape index (κ2) is 5.93. The van der Waals surface area contributed by atoms with Crippen molar-refractivity contribution in [1.82, 2.24) is 0 Å². The molecule has 82 valence electrons. The molecule has 2 nitrogen and oxygen atoms in total. The smallest absolute Gasteiger partial charge is 0.120 e. The summed E-state index contributed by atoms with van der Waals surface area (Å²) in [5.41, 5.74) is 7.16. The van der Waals surface area contributed by atoms with Crippen LogP contribution in [-0.2, 0) is 0 Å². The highest BCUT2D eigenvalue weighted by Crippen LogP contribution is 2.28. The van der Waals surface area contributed by atoms with E-state index in [2.05, 4.69) is 22.5 Å². The van der Waals surface area contributed by atoms with Gasteiger partial charge in [-0.3, -0.25) is 0 Å². The summed E-state index contributed by atoms with van der Waals surface area (Å²) in [5.74, 6) is 0.835. The Hall–Kier alpha value is -0.800. The quantitative estimate of drug-likeness (QED) is 0.832. The van der Waals surface area contributed by atoms with E-state index >= 15 is 0 Å². The van der Waals surface area contributed by atoms with Gasteiger partial charge >= 0.3 is 0 Å². The summed E-state index contributed by atoms with van der Waals surface area (Å²) in [6.45, 7) is 3.69. The molecule has 0 saturated heterocycles. The van der Waals surface area contributed by atoms with E-state index in [0.29, 0.717) is 0 Å². The average molecular weight is 270 g/mol. The van der Waals surface area contributed by atoms with Crippen molar-refractivity contribution in [2.45, 2.75) is 18.9 Å². The molecule has 1 rings (SSSR count). The summed E-state index contributed by atoms with van der Waals surface area (Å²) in [6.07, 6.45) is 3.73. The Labute approximate surface area is 99.3 Å². The molecule has 0 aromatic heterocycles. The molecule has 0 aliphatic carbocycles. The number of ether oxygens (including phenoxy) is 1. The van der Waals surface area contributed by atoms with Crippen molar-refractivity contribution in [2.75, 3.05) is 7.11 Å². The Morgan fingerprint density at radius 3 is 2.87 bits per heavy atom. The number of hydrogen-bond donors (Lipinski definition) is 1. The minimum absolute atomic E-state index is 0.0447. The van der Waals surface area contributed by atoms with Crippen molar-refractivity contribution in [3.8, 4) is 5.75 Å². The number of allylic oxidation sites excluding steroid dienone is 1. The van der Waals surface area contributed by atoms with Crippen LogP contribution in [0.4, 0.5) is 0 Å². The molecule has 0 amide bonds. The predicted octanol–water partition coefficient (Wildman–Crippen LogP) is 3.42. The first-order chi connectivity index (χ1) is 7.19. The molecule has 0 heterocycles. The number of benzene rings is 1. The van der Waals surface area contributed by atoms with Crippen molar-refractivity contribution >= 4 is 15.9 Å². The van der Waals surface area contributed by atoms with E-state index in [-0.39, 0.29) is 6.04 Å². The molecule has 1 aromatic carbocycles. The minimum Gasteiger partial charge on any atom is -0.497 e. The maximum absolute atomic E-state index is 6.05. The SMILES string of the molecule is C=CCCC(N)c1ccc(OC)cc1Br. The van der Waals surface area contributed by atoms with Crippen LogP contribution >= 0.6 is 15.9 Å². The molecule has 0 saturated carbocycles. The van der Waals surface area contributed by atoms with Crippen LogP contribution in [0.1, 0.15) is 24.4 Å². The second-order valence-corrected chi connectivity index (χ2v) is 4.21. The molecule has 15 heavy (non-hydrogen) atoms. The number of methoxy groups -OCH3 is 1. The maximum atomic E-state index is 6.05. The zero-order valence-corrected chi connectivity index (χ0v) is 10.5. The van der Waals surface area contributed by atoms with Crippen LogP contribution in [0.5, 0.6) is 5.75 Å². The van der Waals surface area contributed by atoms with Gasteiger partial charge in [0.1, 0.15) is 5.75 Å². The van der Waals surface area contributed by atoms with Crippen molar-refractivity contribution < 1.29 is 4.74 Å². The monoisotopic (exact) mass is 269 g/mol. The van der Waals surface area contributed by atoms with Crippen LogP contribution in [0, 0.1) is 0 Å². The molecule has 0 radical (unpaired) electrons. The molecular formula is C12H16BrNO. The van der Waals surface area contributed by atoms with Gasteiger partial charge in [0.25, 0.3) is 0 Å². The molecule has 0 aliphatic heterocycles. The van der Waals surface area contributed by atoms with Gasteiger partial charge in [-0.1, -0.05) is 28.1 Å². The first kappa shape index (κ1) is 12.3. The molecule has 2 N–H and O–H groups in total. The average Bonchev–Trinajstić information content (AvgIpc) is 2.25.